The summed E-state index contributed by atoms with van der Waals surface area (Å²) in [5, 5.41) is 7.57. The topological polar surface area (TPSA) is 114 Å². The van der Waals surface area contributed by atoms with Gasteiger partial charge in [0.05, 0.1) is 12.5 Å². The smallest absolute Gasteiger partial charge is 0.325 e. The monoisotopic (exact) mass is 473 g/mol. The molecule has 4 amide bonds. The first kappa shape index (κ1) is 25.2. The molecule has 0 bridgehead atoms. The van der Waals surface area contributed by atoms with Crippen molar-refractivity contribution in [1.29, 1.82) is 0 Å². The first-order chi connectivity index (χ1) is 16.8. The molecule has 3 N–H and O–H groups in total. The molecule has 3 aromatic carbocycles. The Morgan fingerprint density at radius 3 is 2.17 bits per heavy atom. The molecule has 0 fully saturated rings. The molecule has 0 saturated carbocycles. The number of carbonyl (C=O) groups excluding carboxylic acids is 4. The van der Waals surface area contributed by atoms with Crippen LogP contribution in [0.25, 0.3) is 0 Å². The highest BCUT2D eigenvalue weighted by atomic mass is 16.5. The van der Waals surface area contributed by atoms with E-state index in [9.17, 15) is 19.2 Å². The van der Waals surface area contributed by atoms with Crippen LogP contribution in [-0.2, 0) is 14.3 Å². The molecule has 0 aliphatic heterocycles. The standard InChI is InChI=1S/C27H27N3O5/c1-18-10-9-15-22(19(18)2)29-27(34)30-24(31)17-35-25(32)16-23(20-11-5-3-6-12-20)28-26(33)21-13-7-4-8-14-21/h3-15,23H,16-17H2,1-2H3,(H,28,33)(H2,29,30,31,34). The number of nitrogens with one attached hydrogen (secondary N) is 3. The van der Waals surface area contributed by atoms with Gasteiger partial charge in [-0.1, -0.05) is 60.7 Å². The number of amides is 4. The summed E-state index contributed by atoms with van der Waals surface area (Å²) in [4.78, 5) is 49.3. The lowest BCUT2D eigenvalue weighted by molar-refractivity contribution is -0.148. The number of hydrogen-bond donors (Lipinski definition) is 3. The number of aryl methyl sites for hydroxylation is 1. The van der Waals surface area contributed by atoms with Crippen molar-refractivity contribution in [3.05, 3.63) is 101 Å². The Morgan fingerprint density at radius 2 is 1.49 bits per heavy atom. The van der Waals surface area contributed by atoms with Crippen molar-refractivity contribution in [2.24, 2.45) is 0 Å². The molecule has 180 valence electrons. The van der Waals surface area contributed by atoms with E-state index in [1.165, 1.54) is 0 Å². The Kier molecular flexibility index (Phi) is 8.72. The average molecular weight is 474 g/mol. The zero-order chi connectivity index (χ0) is 25.2. The lowest BCUT2D eigenvalue weighted by atomic mass is 10.0. The molecule has 1 atom stereocenters. The lowest BCUT2D eigenvalue weighted by Gasteiger charge is -2.19. The number of hydrogen-bond acceptors (Lipinski definition) is 5. The molecule has 0 saturated heterocycles. The normalized spacial score (nSPS) is 11.1. The number of imide groups is 1. The minimum Gasteiger partial charge on any atom is -0.455 e. The fraction of sp³-hybridized carbons (Fsp3) is 0.185. The molecular formula is C27H27N3O5. The van der Waals surface area contributed by atoms with Gasteiger partial charge in [-0.3, -0.25) is 19.7 Å². The molecule has 0 heterocycles. The summed E-state index contributed by atoms with van der Waals surface area (Å²) in [5.74, 6) is -1.81. The molecule has 3 aromatic rings. The van der Waals surface area contributed by atoms with E-state index < -0.39 is 30.6 Å². The minimum absolute atomic E-state index is 0.190. The van der Waals surface area contributed by atoms with Crippen molar-refractivity contribution in [2.45, 2.75) is 26.3 Å². The Balaban J connectivity index is 1.54. The first-order valence-corrected chi connectivity index (χ1v) is 11.1. The number of anilines is 1. The van der Waals surface area contributed by atoms with Crippen molar-refractivity contribution < 1.29 is 23.9 Å². The largest absolute Gasteiger partial charge is 0.455 e. The summed E-state index contributed by atoms with van der Waals surface area (Å²) in [6.07, 6.45) is -0.190. The maximum atomic E-state index is 12.6. The second-order valence-corrected chi connectivity index (χ2v) is 7.92. The van der Waals surface area contributed by atoms with Gasteiger partial charge >= 0.3 is 12.0 Å². The van der Waals surface area contributed by atoms with Crippen LogP contribution in [-0.4, -0.2) is 30.4 Å². The fourth-order valence-corrected chi connectivity index (χ4v) is 3.34. The van der Waals surface area contributed by atoms with E-state index in [-0.39, 0.29) is 12.3 Å². The summed E-state index contributed by atoms with van der Waals surface area (Å²) >= 11 is 0. The van der Waals surface area contributed by atoms with Crippen LogP contribution < -0.4 is 16.0 Å². The maximum Gasteiger partial charge on any atom is 0.325 e. The van der Waals surface area contributed by atoms with Crippen molar-refractivity contribution >= 4 is 29.5 Å². The van der Waals surface area contributed by atoms with Gasteiger partial charge in [-0.25, -0.2) is 4.79 Å². The Morgan fingerprint density at radius 1 is 0.829 bits per heavy atom. The van der Waals surface area contributed by atoms with Gasteiger partial charge in [-0.2, -0.15) is 0 Å². The molecule has 35 heavy (non-hydrogen) atoms. The fourth-order valence-electron chi connectivity index (χ4n) is 3.34. The number of ether oxygens (including phenoxy) is 1. The highest BCUT2D eigenvalue weighted by Gasteiger charge is 2.21. The molecule has 1 unspecified atom stereocenters. The molecule has 3 rings (SSSR count). The van der Waals surface area contributed by atoms with Gasteiger partial charge in [0.2, 0.25) is 0 Å². The number of esters is 1. The van der Waals surface area contributed by atoms with Gasteiger partial charge in [0, 0.05) is 11.3 Å². The van der Waals surface area contributed by atoms with Gasteiger partial charge in [-0.15, -0.1) is 0 Å². The SMILES string of the molecule is Cc1cccc(NC(=O)NC(=O)COC(=O)CC(NC(=O)c2ccccc2)c2ccccc2)c1C. The third kappa shape index (κ3) is 7.53. The number of carbonyl (C=O) groups is 4. The van der Waals surface area contributed by atoms with Crippen LogP contribution in [0.4, 0.5) is 10.5 Å². The van der Waals surface area contributed by atoms with Crippen LogP contribution in [0.1, 0.15) is 39.5 Å². The highest BCUT2D eigenvalue weighted by molar-refractivity contribution is 6.02. The Hall–Kier alpha value is -4.46. The van der Waals surface area contributed by atoms with Crippen LogP contribution in [0, 0.1) is 13.8 Å². The quantitative estimate of drug-likeness (QED) is 0.427. The molecule has 8 nitrogen and oxygen atoms in total. The number of rotatable bonds is 8. The Labute approximate surface area is 203 Å². The van der Waals surface area contributed by atoms with E-state index in [4.69, 9.17) is 4.74 Å². The van der Waals surface area contributed by atoms with E-state index in [1.54, 1.807) is 66.7 Å². The van der Waals surface area contributed by atoms with Gasteiger partial charge in [-0.05, 0) is 48.7 Å². The van der Waals surface area contributed by atoms with Crippen molar-refractivity contribution in [1.82, 2.24) is 10.6 Å². The number of urea groups is 1. The predicted octanol–water partition coefficient (Wildman–Crippen LogP) is 4.06. The van der Waals surface area contributed by atoms with Gasteiger partial charge in [0.25, 0.3) is 11.8 Å². The predicted molar refractivity (Wildman–Crippen MR) is 132 cm³/mol. The average Bonchev–Trinajstić information content (AvgIpc) is 2.86. The summed E-state index contributed by atoms with van der Waals surface area (Å²) in [6, 6.07) is 21.7. The van der Waals surface area contributed by atoms with E-state index >= 15 is 0 Å². The van der Waals surface area contributed by atoms with Crippen molar-refractivity contribution in [3.63, 3.8) is 0 Å². The van der Waals surface area contributed by atoms with Gasteiger partial charge in [0.1, 0.15) is 0 Å². The second kappa shape index (κ2) is 12.1. The molecule has 0 aliphatic carbocycles. The number of benzene rings is 3. The molecule has 0 spiro atoms. The highest BCUT2D eigenvalue weighted by Crippen LogP contribution is 2.19. The van der Waals surface area contributed by atoms with E-state index in [0.29, 0.717) is 16.8 Å². The molecule has 0 radical (unpaired) electrons. The van der Waals surface area contributed by atoms with Crippen LogP contribution in [0.2, 0.25) is 0 Å². The maximum absolute atomic E-state index is 12.6. The lowest BCUT2D eigenvalue weighted by Crippen LogP contribution is -2.37. The third-order valence-electron chi connectivity index (χ3n) is 5.38. The molecule has 8 heteroatoms. The van der Waals surface area contributed by atoms with E-state index in [1.807, 2.05) is 26.0 Å². The molecular weight excluding hydrogens is 446 g/mol. The summed E-state index contributed by atoms with van der Waals surface area (Å²) < 4.78 is 5.05. The van der Waals surface area contributed by atoms with E-state index in [2.05, 4.69) is 16.0 Å². The zero-order valence-corrected chi connectivity index (χ0v) is 19.5. The summed E-state index contributed by atoms with van der Waals surface area (Å²) in [6.45, 7) is 3.13. The third-order valence-corrected chi connectivity index (χ3v) is 5.38. The van der Waals surface area contributed by atoms with Crippen LogP contribution in [0.15, 0.2) is 78.9 Å². The van der Waals surface area contributed by atoms with Crippen LogP contribution in [0.5, 0.6) is 0 Å². The minimum atomic E-state index is -0.772. The second-order valence-electron chi connectivity index (χ2n) is 7.92. The van der Waals surface area contributed by atoms with Crippen LogP contribution in [0.3, 0.4) is 0 Å². The molecule has 0 aliphatic rings. The Bertz CT molecular complexity index is 1200. The van der Waals surface area contributed by atoms with E-state index in [0.717, 1.165) is 11.1 Å². The van der Waals surface area contributed by atoms with Crippen molar-refractivity contribution in [3.8, 4) is 0 Å². The van der Waals surface area contributed by atoms with Gasteiger partial charge in [0.15, 0.2) is 6.61 Å². The molecule has 0 aromatic heterocycles. The zero-order valence-electron chi connectivity index (χ0n) is 19.5. The summed E-state index contributed by atoms with van der Waals surface area (Å²) in [5.41, 5.74) is 3.62. The van der Waals surface area contributed by atoms with Gasteiger partial charge < -0.3 is 15.4 Å². The summed E-state index contributed by atoms with van der Waals surface area (Å²) in [7, 11) is 0. The van der Waals surface area contributed by atoms with Crippen molar-refractivity contribution in [2.75, 3.05) is 11.9 Å². The van der Waals surface area contributed by atoms with Crippen LogP contribution >= 0.6 is 0 Å². The first-order valence-electron chi connectivity index (χ1n) is 11.1.